The number of carbonyl (C=O) groups is 1. The summed E-state index contributed by atoms with van der Waals surface area (Å²) in [6.45, 7) is 7.63. The molecule has 2 rings (SSSR count). The number of carbonyl (C=O) groups excluding carboxylic acids is 1. The molecule has 0 radical (unpaired) electrons. The summed E-state index contributed by atoms with van der Waals surface area (Å²) in [5.41, 5.74) is 1.18. The first-order valence-electron chi connectivity index (χ1n) is 8.41. The smallest absolute Gasteiger partial charge is 0.315 e. The van der Waals surface area contributed by atoms with Crippen LogP contribution >= 0.6 is 11.3 Å². The van der Waals surface area contributed by atoms with Crippen molar-refractivity contribution in [1.29, 1.82) is 0 Å². The highest BCUT2D eigenvalue weighted by molar-refractivity contribution is 7.09. The van der Waals surface area contributed by atoms with E-state index in [1.54, 1.807) is 18.3 Å². The fraction of sp³-hybridized carbons (Fsp3) is 0.750. The monoisotopic (exact) mass is 340 g/mol. The molecule has 1 unspecified atom stereocenters. The standard InChI is InChI=1S/C16H28N4O2S/c1-3-15-19-14(11-23-15)9-20-6-4-13(5-7-20)8-17-16(22)18-12(2)10-21/h11-13,21H,3-10H2,1-2H3,(H2,17,18,22). The zero-order valence-electron chi connectivity index (χ0n) is 14.0. The van der Waals surface area contributed by atoms with Crippen LogP contribution in [-0.2, 0) is 13.0 Å². The van der Waals surface area contributed by atoms with Crippen molar-refractivity contribution in [2.24, 2.45) is 5.92 Å². The van der Waals surface area contributed by atoms with Gasteiger partial charge in [0, 0.05) is 18.5 Å². The zero-order valence-corrected chi connectivity index (χ0v) is 14.9. The van der Waals surface area contributed by atoms with Crippen LogP contribution < -0.4 is 10.6 Å². The maximum Gasteiger partial charge on any atom is 0.315 e. The number of hydrogen-bond donors (Lipinski definition) is 3. The van der Waals surface area contributed by atoms with E-state index in [1.807, 2.05) is 0 Å². The first-order chi connectivity index (χ1) is 11.1. The first kappa shape index (κ1) is 18.2. The van der Waals surface area contributed by atoms with Crippen molar-refractivity contribution in [3.63, 3.8) is 0 Å². The Kier molecular flexibility index (Phi) is 7.26. The molecule has 1 aliphatic heterocycles. The van der Waals surface area contributed by atoms with Crippen LogP contribution in [0.4, 0.5) is 4.79 Å². The molecule has 3 N–H and O–H groups in total. The van der Waals surface area contributed by atoms with Crippen molar-refractivity contribution in [3.8, 4) is 0 Å². The Balaban J connectivity index is 1.64. The van der Waals surface area contributed by atoms with E-state index in [1.165, 1.54) is 10.7 Å². The highest BCUT2D eigenvalue weighted by Gasteiger charge is 2.20. The third kappa shape index (κ3) is 6.08. The summed E-state index contributed by atoms with van der Waals surface area (Å²) in [6.07, 6.45) is 3.20. The van der Waals surface area contributed by atoms with E-state index in [4.69, 9.17) is 5.11 Å². The summed E-state index contributed by atoms with van der Waals surface area (Å²) < 4.78 is 0. The van der Waals surface area contributed by atoms with E-state index in [-0.39, 0.29) is 18.7 Å². The molecule has 0 aromatic carbocycles. The number of nitrogens with one attached hydrogen (secondary N) is 2. The molecule has 0 bridgehead atoms. The summed E-state index contributed by atoms with van der Waals surface area (Å²) in [7, 11) is 0. The summed E-state index contributed by atoms with van der Waals surface area (Å²) in [6, 6.07) is -0.397. The lowest BCUT2D eigenvalue weighted by molar-refractivity contribution is 0.172. The van der Waals surface area contributed by atoms with Crippen LogP contribution in [0.2, 0.25) is 0 Å². The third-order valence-electron chi connectivity index (χ3n) is 4.20. The van der Waals surface area contributed by atoms with Gasteiger partial charge in [0.15, 0.2) is 0 Å². The van der Waals surface area contributed by atoms with Crippen LogP contribution in [0, 0.1) is 5.92 Å². The lowest BCUT2D eigenvalue weighted by atomic mass is 9.97. The number of hydrogen-bond acceptors (Lipinski definition) is 5. The summed E-state index contributed by atoms with van der Waals surface area (Å²) in [5, 5.41) is 17.9. The number of aliphatic hydroxyl groups excluding tert-OH is 1. The maximum atomic E-state index is 11.6. The highest BCUT2D eigenvalue weighted by Crippen LogP contribution is 2.19. The molecular formula is C16H28N4O2S. The summed E-state index contributed by atoms with van der Waals surface area (Å²) in [4.78, 5) is 18.7. The van der Waals surface area contributed by atoms with Crippen molar-refractivity contribution in [2.45, 2.75) is 45.7 Å². The van der Waals surface area contributed by atoms with Gasteiger partial charge in [0.05, 0.1) is 23.4 Å². The molecule has 1 fully saturated rings. The lowest BCUT2D eigenvalue weighted by Gasteiger charge is -2.31. The van der Waals surface area contributed by atoms with Gasteiger partial charge in [-0.25, -0.2) is 9.78 Å². The fourth-order valence-corrected chi connectivity index (χ4v) is 3.46. The van der Waals surface area contributed by atoms with Gasteiger partial charge in [-0.05, 0) is 45.2 Å². The van der Waals surface area contributed by atoms with E-state index in [2.05, 4.69) is 32.8 Å². The van der Waals surface area contributed by atoms with Crippen LogP contribution in [0.1, 0.15) is 37.4 Å². The number of piperidine rings is 1. The SMILES string of the molecule is CCc1nc(CN2CCC(CNC(=O)NC(C)CO)CC2)cs1. The second kappa shape index (κ2) is 9.20. The first-order valence-corrected chi connectivity index (χ1v) is 9.29. The van der Waals surface area contributed by atoms with Crippen molar-refractivity contribution in [2.75, 3.05) is 26.2 Å². The Bertz CT molecular complexity index is 486. The van der Waals surface area contributed by atoms with Gasteiger partial charge in [0.25, 0.3) is 0 Å². The normalized spacial score (nSPS) is 17.9. The average molecular weight is 340 g/mol. The Labute approximate surface area is 142 Å². The Morgan fingerprint density at radius 1 is 1.52 bits per heavy atom. The molecule has 130 valence electrons. The molecule has 1 aliphatic rings. The molecule has 1 aromatic heterocycles. The number of aliphatic hydroxyl groups is 1. The number of amides is 2. The van der Waals surface area contributed by atoms with Crippen LogP contribution in [-0.4, -0.2) is 53.3 Å². The van der Waals surface area contributed by atoms with E-state index < -0.39 is 0 Å². The number of nitrogens with zero attached hydrogens (tertiary/aromatic N) is 2. The van der Waals surface area contributed by atoms with Crippen molar-refractivity contribution >= 4 is 17.4 Å². The number of aromatic nitrogens is 1. The van der Waals surface area contributed by atoms with E-state index in [0.717, 1.165) is 38.9 Å². The van der Waals surface area contributed by atoms with E-state index in [9.17, 15) is 4.79 Å². The van der Waals surface area contributed by atoms with Crippen molar-refractivity contribution in [1.82, 2.24) is 20.5 Å². The van der Waals surface area contributed by atoms with Gasteiger partial charge in [0.1, 0.15) is 0 Å². The Morgan fingerprint density at radius 3 is 2.87 bits per heavy atom. The molecule has 2 amide bonds. The number of rotatable bonds is 7. The molecule has 23 heavy (non-hydrogen) atoms. The van der Waals surface area contributed by atoms with Crippen LogP contribution in [0.5, 0.6) is 0 Å². The van der Waals surface area contributed by atoms with Crippen LogP contribution in [0.15, 0.2) is 5.38 Å². The molecule has 0 saturated carbocycles. The molecule has 7 heteroatoms. The molecule has 1 aromatic rings. The molecule has 0 aliphatic carbocycles. The lowest BCUT2D eigenvalue weighted by Crippen LogP contribution is -2.45. The number of likely N-dealkylation sites (tertiary alicyclic amines) is 1. The number of aryl methyl sites for hydroxylation is 1. The predicted molar refractivity (Wildman–Crippen MR) is 92.6 cm³/mol. The minimum atomic E-state index is -0.206. The average Bonchev–Trinajstić information content (AvgIpc) is 3.01. The second-order valence-corrected chi connectivity index (χ2v) is 7.19. The predicted octanol–water partition coefficient (Wildman–Crippen LogP) is 1.60. The summed E-state index contributed by atoms with van der Waals surface area (Å²) in [5.74, 6) is 0.531. The van der Waals surface area contributed by atoms with E-state index >= 15 is 0 Å². The minimum Gasteiger partial charge on any atom is -0.394 e. The molecular weight excluding hydrogens is 312 g/mol. The quantitative estimate of drug-likeness (QED) is 0.704. The minimum absolute atomic E-state index is 0.0395. The number of thiazole rings is 1. The third-order valence-corrected chi connectivity index (χ3v) is 5.24. The largest absolute Gasteiger partial charge is 0.394 e. The molecule has 1 atom stereocenters. The van der Waals surface area contributed by atoms with Crippen molar-refractivity contribution in [3.05, 3.63) is 16.1 Å². The van der Waals surface area contributed by atoms with Crippen LogP contribution in [0.3, 0.4) is 0 Å². The summed E-state index contributed by atoms with van der Waals surface area (Å²) >= 11 is 1.75. The van der Waals surface area contributed by atoms with Gasteiger partial charge < -0.3 is 15.7 Å². The van der Waals surface area contributed by atoms with Gasteiger partial charge in [-0.15, -0.1) is 11.3 Å². The van der Waals surface area contributed by atoms with Gasteiger partial charge in [0.2, 0.25) is 0 Å². The Hall–Kier alpha value is -1.18. The maximum absolute atomic E-state index is 11.6. The fourth-order valence-electron chi connectivity index (χ4n) is 2.72. The molecule has 2 heterocycles. The van der Waals surface area contributed by atoms with E-state index in [0.29, 0.717) is 12.5 Å². The molecule has 0 spiro atoms. The topological polar surface area (TPSA) is 77.5 Å². The molecule has 1 saturated heterocycles. The van der Waals surface area contributed by atoms with Gasteiger partial charge >= 0.3 is 6.03 Å². The van der Waals surface area contributed by atoms with Gasteiger partial charge in [-0.1, -0.05) is 6.92 Å². The molecule has 6 nitrogen and oxygen atoms in total. The second-order valence-electron chi connectivity index (χ2n) is 6.24. The van der Waals surface area contributed by atoms with Crippen LogP contribution in [0.25, 0.3) is 0 Å². The van der Waals surface area contributed by atoms with Gasteiger partial charge in [-0.3, -0.25) is 4.90 Å². The van der Waals surface area contributed by atoms with Crippen molar-refractivity contribution < 1.29 is 9.90 Å². The Morgan fingerprint density at radius 2 is 2.26 bits per heavy atom. The zero-order chi connectivity index (χ0) is 16.7. The highest BCUT2D eigenvalue weighted by atomic mass is 32.1. The number of urea groups is 1. The van der Waals surface area contributed by atoms with Gasteiger partial charge in [-0.2, -0.15) is 0 Å².